The average molecular weight is 456 g/mol. The molecule has 1 aliphatic rings. The van der Waals surface area contributed by atoms with Crippen molar-refractivity contribution in [2.24, 2.45) is 0 Å². The third-order valence-electron chi connectivity index (χ3n) is 5.45. The smallest absolute Gasteiger partial charge is 0.257 e. The van der Waals surface area contributed by atoms with Crippen molar-refractivity contribution < 1.29 is 13.2 Å². The number of aromatic nitrogens is 1. The van der Waals surface area contributed by atoms with E-state index in [4.69, 9.17) is 0 Å². The lowest BCUT2D eigenvalue weighted by atomic mass is 10.1. The molecule has 1 saturated heterocycles. The minimum Gasteiger partial charge on any atom is -0.298 e. The number of anilines is 1. The number of nitrogens with one attached hydrogen (secondary N) is 1. The van der Waals surface area contributed by atoms with Crippen molar-refractivity contribution in [3.8, 4) is 10.4 Å². The van der Waals surface area contributed by atoms with E-state index < -0.39 is 10.0 Å². The van der Waals surface area contributed by atoms with Crippen LogP contribution in [0.15, 0.2) is 53.6 Å². The van der Waals surface area contributed by atoms with Crippen LogP contribution in [-0.2, 0) is 10.0 Å². The summed E-state index contributed by atoms with van der Waals surface area (Å²) in [6.07, 6.45) is 4.60. The van der Waals surface area contributed by atoms with Crippen molar-refractivity contribution in [2.75, 3.05) is 18.4 Å². The molecule has 162 valence electrons. The Kier molecular flexibility index (Phi) is 6.22. The van der Waals surface area contributed by atoms with Crippen molar-refractivity contribution in [3.05, 3.63) is 65.4 Å². The number of benzene rings is 2. The molecule has 4 rings (SSSR count). The van der Waals surface area contributed by atoms with Crippen molar-refractivity contribution in [1.82, 2.24) is 9.29 Å². The van der Waals surface area contributed by atoms with Crippen molar-refractivity contribution in [2.45, 2.75) is 38.0 Å². The zero-order valence-electron chi connectivity index (χ0n) is 17.6. The van der Waals surface area contributed by atoms with Gasteiger partial charge < -0.3 is 0 Å². The number of thiazole rings is 1. The predicted molar refractivity (Wildman–Crippen MR) is 124 cm³/mol. The molecular formula is C23H25N3O3S2. The van der Waals surface area contributed by atoms with Gasteiger partial charge in [0.2, 0.25) is 10.0 Å². The maximum absolute atomic E-state index is 12.8. The SMILES string of the molecule is Cc1ccc(C)c(-c2cnc(NC(=O)c3ccc(S(=O)(=O)N4CCCCC4)cc3)s2)c1. The predicted octanol–water partition coefficient (Wildman–Crippen LogP) is 4.85. The van der Waals surface area contributed by atoms with Crippen molar-refractivity contribution >= 4 is 32.4 Å². The van der Waals surface area contributed by atoms with Gasteiger partial charge in [-0.3, -0.25) is 10.1 Å². The number of carbonyl (C=O) groups excluding carboxylic acids is 1. The molecule has 1 aliphatic heterocycles. The Morgan fingerprint density at radius 3 is 2.45 bits per heavy atom. The molecule has 0 atom stereocenters. The molecule has 0 spiro atoms. The second-order valence-corrected chi connectivity index (χ2v) is 10.8. The summed E-state index contributed by atoms with van der Waals surface area (Å²) in [6.45, 7) is 5.20. The Labute approximate surface area is 187 Å². The fourth-order valence-corrected chi connectivity index (χ4v) is 6.07. The molecule has 0 radical (unpaired) electrons. The van der Waals surface area contributed by atoms with Crippen molar-refractivity contribution in [3.63, 3.8) is 0 Å². The zero-order valence-corrected chi connectivity index (χ0v) is 19.2. The Morgan fingerprint density at radius 1 is 1.03 bits per heavy atom. The largest absolute Gasteiger partial charge is 0.298 e. The normalized spacial score (nSPS) is 15.0. The van der Waals surface area contributed by atoms with Gasteiger partial charge in [-0.1, -0.05) is 41.5 Å². The molecule has 0 bridgehead atoms. The van der Waals surface area contributed by atoms with Gasteiger partial charge in [-0.2, -0.15) is 4.31 Å². The standard InChI is InChI=1S/C23H25N3O3S2/c1-16-6-7-17(2)20(14-16)21-15-24-23(30-21)25-22(27)18-8-10-19(11-9-18)31(28,29)26-12-4-3-5-13-26/h6-11,14-15H,3-5,12-13H2,1-2H3,(H,24,25,27). The average Bonchev–Trinajstić information content (AvgIpc) is 3.24. The number of nitrogens with zero attached hydrogens (tertiary/aromatic N) is 2. The second-order valence-electron chi connectivity index (χ2n) is 7.79. The molecule has 0 aliphatic carbocycles. The van der Waals surface area contributed by atoms with E-state index in [0.717, 1.165) is 35.3 Å². The van der Waals surface area contributed by atoms with E-state index in [1.165, 1.54) is 33.3 Å². The van der Waals surface area contributed by atoms with Gasteiger partial charge in [-0.25, -0.2) is 13.4 Å². The van der Waals surface area contributed by atoms with Gasteiger partial charge >= 0.3 is 0 Å². The minimum absolute atomic E-state index is 0.220. The Balaban J connectivity index is 1.47. The lowest BCUT2D eigenvalue weighted by molar-refractivity contribution is 0.102. The molecule has 2 aromatic carbocycles. The van der Waals surface area contributed by atoms with Crippen LogP contribution in [0.4, 0.5) is 5.13 Å². The quantitative estimate of drug-likeness (QED) is 0.596. The highest BCUT2D eigenvalue weighted by Crippen LogP contribution is 2.32. The summed E-state index contributed by atoms with van der Waals surface area (Å²) in [6, 6.07) is 12.3. The van der Waals surface area contributed by atoms with Crippen LogP contribution >= 0.6 is 11.3 Å². The molecule has 8 heteroatoms. The summed E-state index contributed by atoms with van der Waals surface area (Å²) in [7, 11) is -3.51. The number of sulfonamides is 1. The molecule has 0 saturated carbocycles. The third-order valence-corrected chi connectivity index (χ3v) is 8.31. The topological polar surface area (TPSA) is 79.4 Å². The van der Waals surface area contributed by atoms with Gasteiger partial charge in [0.15, 0.2) is 5.13 Å². The molecule has 3 aromatic rings. The molecule has 1 fully saturated rings. The molecule has 1 amide bonds. The van der Waals surface area contributed by atoms with Crippen LogP contribution in [0.3, 0.4) is 0 Å². The number of amides is 1. The van der Waals surface area contributed by atoms with Crippen LogP contribution in [0.2, 0.25) is 0 Å². The monoisotopic (exact) mass is 455 g/mol. The lowest BCUT2D eigenvalue weighted by Gasteiger charge is -2.25. The van der Waals surface area contributed by atoms with Gasteiger partial charge in [-0.05, 0) is 62.1 Å². The van der Waals surface area contributed by atoms with E-state index in [2.05, 4.69) is 28.5 Å². The number of piperidine rings is 1. The van der Waals surface area contributed by atoms with Crippen LogP contribution in [0.1, 0.15) is 40.7 Å². The van der Waals surface area contributed by atoms with Gasteiger partial charge in [0.25, 0.3) is 5.91 Å². The summed E-state index contributed by atoms with van der Waals surface area (Å²) in [5.41, 5.74) is 3.81. The molecule has 1 aromatic heterocycles. The van der Waals surface area contributed by atoms with E-state index in [1.807, 2.05) is 13.8 Å². The highest BCUT2D eigenvalue weighted by atomic mass is 32.2. The van der Waals surface area contributed by atoms with E-state index >= 15 is 0 Å². The fraction of sp³-hybridized carbons (Fsp3) is 0.304. The van der Waals surface area contributed by atoms with E-state index in [0.29, 0.717) is 23.8 Å². The zero-order chi connectivity index (χ0) is 22.0. The van der Waals surface area contributed by atoms with E-state index in [1.54, 1.807) is 18.3 Å². The number of rotatable bonds is 5. The number of hydrogen-bond acceptors (Lipinski definition) is 5. The summed E-state index contributed by atoms with van der Waals surface area (Å²) < 4.78 is 27.1. The molecule has 6 nitrogen and oxygen atoms in total. The fourth-order valence-electron chi connectivity index (χ4n) is 3.66. The molecule has 0 unspecified atom stereocenters. The van der Waals surface area contributed by atoms with E-state index in [9.17, 15) is 13.2 Å². The Bertz CT molecular complexity index is 1200. The second kappa shape index (κ2) is 8.90. The van der Waals surface area contributed by atoms with Crippen LogP contribution in [0.5, 0.6) is 0 Å². The first-order chi connectivity index (χ1) is 14.8. The van der Waals surface area contributed by atoms with E-state index in [-0.39, 0.29) is 10.8 Å². The Hall–Kier alpha value is -2.55. The van der Waals surface area contributed by atoms with Crippen LogP contribution < -0.4 is 5.32 Å². The number of carbonyl (C=O) groups is 1. The lowest BCUT2D eigenvalue weighted by Crippen LogP contribution is -2.35. The first kappa shape index (κ1) is 21.7. The maximum atomic E-state index is 12.8. The third kappa shape index (κ3) is 4.71. The number of hydrogen-bond donors (Lipinski definition) is 1. The molecule has 1 N–H and O–H groups in total. The summed E-state index contributed by atoms with van der Waals surface area (Å²) in [5.74, 6) is -0.316. The summed E-state index contributed by atoms with van der Waals surface area (Å²) in [5, 5.41) is 3.32. The van der Waals surface area contributed by atoms with Crippen LogP contribution in [-0.4, -0.2) is 36.7 Å². The van der Waals surface area contributed by atoms with Gasteiger partial charge in [-0.15, -0.1) is 0 Å². The number of aryl methyl sites for hydroxylation is 2. The molecular weight excluding hydrogens is 430 g/mol. The van der Waals surface area contributed by atoms with Crippen LogP contribution in [0, 0.1) is 13.8 Å². The first-order valence-corrected chi connectivity index (χ1v) is 12.6. The van der Waals surface area contributed by atoms with Gasteiger partial charge in [0, 0.05) is 24.8 Å². The minimum atomic E-state index is -3.51. The highest BCUT2D eigenvalue weighted by molar-refractivity contribution is 7.89. The van der Waals surface area contributed by atoms with Crippen LogP contribution in [0.25, 0.3) is 10.4 Å². The Morgan fingerprint density at radius 2 is 1.74 bits per heavy atom. The molecule has 31 heavy (non-hydrogen) atoms. The first-order valence-electron chi connectivity index (χ1n) is 10.3. The summed E-state index contributed by atoms with van der Waals surface area (Å²) >= 11 is 1.41. The van der Waals surface area contributed by atoms with Gasteiger partial charge in [0.1, 0.15) is 0 Å². The van der Waals surface area contributed by atoms with Gasteiger partial charge in [0.05, 0.1) is 9.77 Å². The summed E-state index contributed by atoms with van der Waals surface area (Å²) in [4.78, 5) is 18.2. The highest BCUT2D eigenvalue weighted by Gasteiger charge is 2.26. The maximum Gasteiger partial charge on any atom is 0.257 e. The molecule has 2 heterocycles. The van der Waals surface area contributed by atoms with Crippen molar-refractivity contribution in [1.29, 1.82) is 0 Å².